The summed E-state index contributed by atoms with van der Waals surface area (Å²) in [5.41, 5.74) is 16.4. The van der Waals surface area contributed by atoms with Crippen LogP contribution in [0.3, 0.4) is 0 Å². The highest BCUT2D eigenvalue weighted by atomic mass is 15.0. The van der Waals surface area contributed by atoms with Crippen LogP contribution in [0.15, 0.2) is 170 Å². The Morgan fingerprint density at radius 3 is 1.85 bits per heavy atom. The zero-order valence-corrected chi connectivity index (χ0v) is 25.8. The molecule has 220 valence electrons. The number of hydrogen-bond donors (Lipinski definition) is 0. The van der Waals surface area contributed by atoms with Crippen LogP contribution < -0.4 is 0 Å². The molecule has 0 saturated carbocycles. The van der Waals surface area contributed by atoms with Crippen molar-refractivity contribution >= 4 is 32.7 Å². The van der Waals surface area contributed by atoms with Gasteiger partial charge >= 0.3 is 0 Å². The van der Waals surface area contributed by atoms with Crippen molar-refractivity contribution in [3.05, 3.63) is 175 Å². The highest BCUT2D eigenvalue weighted by molar-refractivity contribution is 6.14. The van der Waals surface area contributed by atoms with E-state index in [2.05, 4.69) is 179 Å². The van der Waals surface area contributed by atoms with E-state index in [1.54, 1.807) is 0 Å². The van der Waals surface area contributed by atoms with Crippen LogP contribution in [0, 0.1) is 0 Å². The Morgan fingerprint density at radius 1 is 0.404 bits per heavy atom. The van der Waals surface area contributed by atoms with Crippen LogP contribution in [0.2, 0.25) is 0 Å². The van der Waals surface area contributed by atoms with E-state index >= 15 is 0 Å². The third-order valence-electron chi connectivity index (χ3n) is 9.92. The highest BCUT2D eigenvalue weighted by Gasteiger charge is 2.27. The van der Waals surface area contributed by atoms with Crippen LogP contribution in [0.5, 0.6) is 0 Å². The lowest BCUT2D eigenvalue weighted by molar-refractivity contribution is 0.838. The number of aromatic nitrogens is 2. The Hall–Kier alpha value is -6.12. The maximum absolute atomic E-state index is 2.56. The van der Waals surface area contributed by atoms with Crippen LogP contribution >= 0.6 is 0 Å². The molecule has 1 aliphatic heterocycles. The fourth-order valence-corrected chi connectivity index (χ4v) is 7.91. The molecule has 47 heavy (non-hydrogen) atoms. The molecule has 3 heterocycles. The van der Waals surface area contributed by atoms with Gasteiger partial charge in [0.15, 0.2) is 0 Å². The normalized spacial score (nSPS) is 12.2. The molecule has 2 aromatic heterocycles. The second kappa shape index (κ2) is 10.2. The van der Waals surface area contributed by atoms with E-state index in [1.807, 2.05) is 0 Å². The van der Waals surface area contributed by atoms with Gasteiger partial charge in [-0.05, 0) is 75.8 Å². The van der Waals surface area contributed by atoms with E-state index < -0.39 is 0 Å². The molecule has 10 rings (SSSR count). The van der Waals surface area contributed by atoms with Gasteiger partial charge in [-0.15, -0.1) is 0 Å². The Bertz CT molecular complexity index is 2620. The van der Waals surface area contributed by atoms with E-state index in [9.17, 15) is 0 Å². The summed E-state index contributed by atoms with van der Waals surface area (Å²) in [6.45, 7) is 0.848. The lowest BCUT2D eigenvalue weighted by Crippen LogP contribution is -2.08. The van der Waals surface area contributed by atoms with Gasteiger partial charge in [0.2, 0.25) is 0 Å². The van der Waals surface area contributed by atoms with Gasteiger partial charge in [0, 0.05) is 39.5 Å². The summed E-state index contributed by atoms with van der Waals surface area (Å²) < 4.78 is 4.95. The quantitative estimate of drug-likeness (QED) is 0.191. The number of hydrogen-bond acceptors (Lipinski definition) is 0. The fourth-order valence-electron chi connectivity index (χ4n) is 7.91. The number of para-hydroxylation sites is 2. The molecular weight excluding hydrogens is 569 g/mol. The molecule has 0 atom stereocenters. The summed E-state index contributed by atoms with van der Waals surface area (Å²) in [5, 5.41) is 3.83. The lowest BCUT2D eigenvalue weighted by Gasteiger charge is -2.22. The molecule has 9 aromatic rings. The molecule has 0 saturated heterocycles. The molecule has 2 nitrogen and oxygen atoms in total. The van der Waals surface area contributed by atoms with Crippen molar-refractivity contribution in [1.82, 2.24) is 9.13 Å². The Labute approximate surface area is 273 Å². The maximum Gasteiger partial charge on any atom is 0.0575 e. The first-order valence-electron chi connectivity index (χ1n) is 16.3. The smallest absolute Gasteiger partial charge is 0.0575 e. The summed E-state index contributed by atoms with van der Waals surface area (Å²) in [6.07, 6.45) is 0. The molecule has 0 radical (unpaired) electrons. The first-order valence-corrected chi connectivity index (χ1v) is 16.3. The molecule has 0 fully saturated rings. The number of fused-ring (bicyclic) bond motifs is 5. The van der Waals surface area contributed by atoms with Crippen LogP contribution in [0.25, 0.3) is 83.0 Å². The predicted octanol–water partition coefficient (Wildman–Crippen LogP) is 11.8. The molecular formula is C45H30N2. The van der Waals surface area contributed by atoms with Crippen LogP contribution in [-0.4, -0.2) is 9.13 Å². The second-order valence-corrected chi connectivity index (χ2v) is 12.5. The van der Waals surface area contributed by atoms with Crippen molar-refractivity contribution in [3.63, 3.8) is 0 Å². The number of benzene rings is 7. The van der Waals surface area contributed by atoms with Crippen LogP contribution in [0.4, 0.5) is 0 Å². The van der Waals surface area contributed by atoms with E-state index in [4.69, 9.17) is 0 Å². The SMILES string of the molecule is c1ccc(-c2c(-c3ccccc3)n3c4c(cc(-c5ccc6c(c5)c5ccccc5n6-c5ccccc5)cc24)-c2ccccc2C3)cc1. The standard InChI is InChI=1S/C45H30N2/c1-4-14-30(15-5-1)43-40-28-34(27-39-36-21-11-10-18-33(36)29-46(45(39)40)44(43)31-16-6-2-7-17-31)32-24-25-42-38(26-32)37-22-12-13-23-41(37)47(42)35-19-8-3-9-20-35/h1-28H,29H2. The van der Waals surface area contributed by atoms with Crippen molar-refractivity contribution < 1.29 is 0 Å². The largest absolute Gasteiger partial charge is 0.335 e. The van der Waals surface area contributed by atoms with Gasteiger partial charge in [-0.3, -0.25) is 0 Å². The zero-order valence-electron chi connectivity index (χ0n) is 25.8. The van der Waals surface area contributed by atoms with Crippen molar-refractivity contribution in [2.24, 2.45) is 0 Å². The predicted molar refractivity (Wildman–Crippen MR) is 197 cm³/mol. The van der Waals surface area contributed by atoms with Gasteiger partial charge in [0.05, 0.1) is 22.2 Å². The summed E-state index contributed by atoms with van der Waals surface area (Å²) in [6, 6.07) is 62.1. The first kappa shape index (κ1) is 26.1. The first-order chi connectivity index (χ1) is 23.3. The third-order valence-corrected chi connectivity index (χ3v) is 9.92. The molecule has 7 aromatic carbocycles. The average molecular weight is 599 g/mol. The van der Waals surface area contributed by atoms with Gasteiger partial charge in [-0.1, -0.05) is 127 Å². The monoisotopic (exact) mass is 598 g/mol. The Morgan fingerprint density at radius 2 is 1.04 bits per heavy atom. The van der Waals surface area contributed by atoms with E-state index in [1.165, 1.54) is 88.6 Å². The average Bonchev–Trinajstić information content (AvgIpc) is 3.65. The van der Waals surface area contributed by atoms with Crippen LogP contribution in [0.1, 0.15) is 5.56 Å². The van der Waals surface area contributed by atoms with Gasteiger partial charge in [0.25, 0.3) is 0 Å². The lowest BCUT2D eigenvalue weighted by atomic mass is 9.90. The van der Waals surface area contributed by atoms with Gasteiger partial charge in [0.1, 0.15) is 0 Å². The third kappa shape index (κ3) is 3.92. The second-order valence-electron chi connectivity index (χ2n) is 12.5. The molecule has 0 N–H and O–H groups in total. The number of rotatable bonds is 4. The Kier molecular flexibility index (Phi) is 5.67. The van der Waals surface area contributed by atoms with Crippen molar-refractivity contribution in [3.8, 4) is 50.3 Å². The van der Waals surface area contributed by atoms with Crippen molar-refractivity contribution in [2.45, 2.75) is 6.54 Å². The molecule has 0 amide bonds. The molecule has 0 bridgehead atoms. The van der Waals surface area contributed by atoms with E-state index in [0.29, 0.717) is 0 Å². The van der Waals surface area contributed by atoms with Crippen LogP contribution in [-0.2, 0) is 6.54 Å². The minimum atomic E-state index is 0.848. The Balaban J connectivity index is 1.30. The van der Waals surface area contributed by atoms with Gasteiger partial charge in [-0.2, -0.15) is 0 Å². The molecule has 2 heteroatoms. The minimum Gasteiger partial charge on any atom is -0.335 e. The molecule has 1 aliphatic rings. The van der Waals surface area contributed by atoms with E-state index in [-0.39, 0.29) is 0 Å². The zero-order chi connectivity index (χ0) is 30.9. The maximum atomic E-state index is 2.56. The highest BCUT2D eigenvalue weighted by Crippen LogP contribution is 2.49. The molecule has 0 unspecified atom stereocenters. The molecule has 0 spiro atoms. The fraction of sp³-hybridized carbons (Fsp3) is 0.0222. The summed E-state index contributed by atoms with van der Waals surface area (Å²) >= 11 is 0. The summed E-state index contributed by atoms with van der Waals surface area (Å²) in [4.78, 5) is 0. The summed E-state index contributed by atoms with van der Waals surface area (Å²) in [7, 11) is 0. The molecule has 0 aliphatic carbocycles. The summed E-state index contributed by atoms with van der Waals surface area (Å²) in [5.74, 6) is 0. The van der Waals surface area contributed by atoms with E-state index in [0.717, 1.165) is 6.54 Å². The van der Waals surface area contributed by atoms with Gasteiger partial charge in [-0.25, -0.2) is 0 Å². The topological polar surface area (TPSA) is 9.86 Å². The van der Waals surface area contributed by atoms with Crippen molar-refractivity contribution in [1.29, 1.82) is 0 Å². The van der Waals surface area contributed by atoms with Crippen molar-refractivity contribution in [2.75, 3.05) is 0 Å². The minimum absolute atomic E-state index is 0.848. The number of nitrogens with zero attached hydrogens (tertiary/aromatic N) is 2. The van der Waals surface area contributed by atoms with Gasteiger partial charge < -0.3 is 9.13 Å².